The third-order valence-corrected chi connectivity index (χ3v) is 22.1. The summed E-state index contributed by atoms with van der Waals surface area (Å²) in [6.07, 6.45) is 16.8. The van der Waals surface area contributed by atoms with Crippen molar-refractivity contribution in [1.29, 1.82) is 0 Å². The molecular formula is C20H38OSn. The van der Waals surface area contributed by atoms with Crippen LogP contribution in [0.15, 0.2) is 9.67 Å². The van der Waals surface area contributed by atoms with E-state index in [2.05, 4.69) is 26.8 Å². The second kappa shape index (κ2) is 11.7. The van der Waals surface area contributed by atoms with Crippen LogP contribution >= 0.6 is 0 Å². The van der Waals surface area contributed by atoms with Gasteiger partial charge < -0.3 is 0 Å². The van der Waals surface area contributed by atoms with E-state index in [0.717, 1.165) is 12.7 Å². The molecule has 22 heavy (non-hydrogen) atoms. The van der Waals surface area contributed by atoms with Gasteiger partial charge in [0.1, 0.15) is 0 Å². The number of allylic oxidation sites excluding steroid dienone is 2. The van der Waals surface area contributed by atoms with E-state index in [1.165, 1.54) is 57.8 Å². The molecule has 0 heterocycles. The fourth-order valence-corrected chi connectivity index (χ4v) is 21.3. The molecule has 0 fully saturated rings. The molecule has 0 aromatic rings. The van der Waals surface area contributed by atoms with Crippen LogP contribution in [0, 0.1) is 5.92 Å². The quantitative estimate of drug-likeness (QED) is 0.257. The van der Waals surface area contributed by atoms with E-state index in [0.29, 0.717) is 5.92 Å². The zero-order valence-corrected chi connectivity index (χ0v) is 18.2. The number of aldehydes is 1. The molecule has 0 N–H and O–H groups in total. The standard InChI is InChI=1S/C8H11O.3C4H9.Sn/c9-7-6-8-4-2-1-3-5-8;3*1-3-4-2;/h2,7-8H,3-6H2;3*1,3-4H2,2H3;. The molecule has 2 heteroatoms. The van der Waals surface area contributed by atoms with Gasteiger partial charge in [-0.05, 0) is 0 Å². The Bertz CT molecular complexity index is 313. The van der Waals surface area contributed by atoms with Crippen LogP contribution in [0.2, 0.25) is 13.3 Å². The SMILES string of the molecule is CCC[CH2][Sn]([CH2]CCC)([CH2]CCC)[C]1=CCC(CC=O)CC1. The van der Waals surface area contributed by atoms with Gasteiger partial charge in [0, 0.05) is 0 Å². The summed E-state index contributed by atoms with van der Waals surface area (Å²) < 4.78 is 6.74. The number of carbonyl (C=O) groups is 1. The second-order valence-corrected chi connectivity index (χ2v) is 20.8. The second-order valence-electron chi connectivity index (χ2n) is 7.36. The predicted octanol–water partition coefficient (Wildman–Crippen LogP) is 6.69. The first kappa shape index (κ1) is 20.3. The molecule has 0 bridgehead atoms. The van der Waals surface area contributed by atoms with Crippen molar-refractivity contribution >= 4 is 24.7 Å². The van der Waals surface area contributed by atoms with Gasteiger partial charge >= 0.3 is 143 Å². The fraction of sp³-hybridized carbons (Fsp3) is 0.850. The maximum atomic E-state index is 10.8. The number of carbonyl (C=O) groups excluding carboxylic acids is 1. The van der Waals surface area contributed by atoms with Gasteiger partial charge in [-0.15, -0.1) is 0 Å². The van der Waals surface area contributed by atoms with Crippen molar-refractivity contribution in [3.05, 3.63) is 9.67 Å². The van der Waals surface area contributed by atoms with Gasteiger partial charge in [-0.25, -0.2) is 0 Å². The zero-order chi connectivity index (χ0) is 16.3. The van der Waals surface area contributed by atoms with Crippen LogP contribution < -0.4 is 0 Å². The Morgan fingerprint density at radius 1 is 1.05 bits per heavy atom. The van der Waals surface area contributed by atoms with Crippen LogP contribution in [0.25, 0.3) is 0 Å². The number of unbranched alkanes of at least 4 members (excludes halogenated alkanes) is 3. The third-order valence-electron chi connectivity index (χ3n) is 5.66. The third kappa shape index (κ3) is 6.37. The van der Waals surface area contributed by atoms with Gasteiger partial charge in [-0.2, -0.15) is 0 Å². The molecule has 1 unspecified atom stereocenters. The van der Waals surface area contributed by atoms with Gasteiger partial charge in [0.2, 0.25) is 0 Å². The van der Waals surface area contributed by atoms with E-state index >= 15 is 0 Å². The molecule has 1 aliphatic carbocycles. The predicted molar refractivity (Wildman–Crippen MR) is 101 cm³/mol. The van der Waals surface area contributed by atoms with Crippen LogP contribution in [0.4, 0.5) is 0 Å². The minimum atomic E-state index is -2.12. The molecule has 0 aliphatic heterocycles. The summed E-state index contributed by atoms with van der Waals surface area (Å²) >= 11 is -2.12. The molecule has 0 saturated carbocycles. The topological polar surface area (TPSA) is 17.1 Å². The molecule has 1 rings (SSSR count). The van der Waals surface area contributed by atoms with Gasteiger partial charge in [-0.3, -0.25) is 0 Å². The molecule has 1 aliphatic rings. The Labute approximate surface area is 143 Å². The summed E-state index contributed by atoms with van der Waals surface area (Å²) in [6.45, 7) is 7.06. The number of hydrogen-bond donors (Lipinski definition) is 0. The van der Waals surface area contributed by atoms with Crippen molar-refractivity contribution in [3.63, 3.8) is 0 Å². The van der Waals surface area contributed by atoms with Crippen LogP contribution in [0.1, 0.15) is 85.0 Å². The molecular weight excluding hydrogens is 375 g/mol. The van der Waals surface area contributed by atoms with Crippen molar-refractivity contribution in [2.45, 2.75) is 98.3 Å². The first-order valence-electron chi connectivity index (χ1n) is 9.85. The molecule has 0 saturated heterocycles. The Balaban J connectivity index is 2.87. The molecule has 0 amide bonds. The minimum absolute atomic E-state index is 0.647. The first-order valence-corrected chi connectivity index (χ1v) is 17.3. The normalized spacial score (nSPS) is 19.0. The molecule has 0 aromatic carbocycles. The molecule has 0 aromatic heterocycles. The van der Waals surface area contributed by atoms with E-state index < -0.39 is 18.4 Å². The Morgan fingerprint density at radius 2 is 1.59 bits per heavy atom. The van der Waals surface area contributed by atoms with E-state index in [4.69, 9.17) is 0 Å². The fourth-order valence-electron chi connectivity index (χ4n) is 4.12. The summed E-state index contributed by atoms with van der Waals surface area (Å²) in [5.41, 5.74) is 0. The van der Waals surface area contributed by atoms with Gasteiger partial charge in [0.05, 0.1) is 0 Å². The van der Waals surface area contributed by atoms with Crippen molar-refractivity contribution in [2.24, 2.45) is 5.92 Å². The maximum absolute atomic E-state index is 10.8. The number of rotatable bonds is 12. The van der Waals surface area contributed by atoms with Crippen LogP contribution in [-0.4, -0.2) is 24.7 Å². The van der Waals surface area contributed by atoms with Crippen LogP contribution in [0.3, 0.4) is 0 Å². The summed E-state index contributed by atoms with van der Waals surface area (Å²) in [6, 6.07) is 0. The Morgan fingerprint density at radius 3 is 1.95 bits per heavy atom. The average molecular weight is 413 g/mol. The molecule has 0 radical (unpaired) electrons. The Kier molecular flexibility index (Phi) is 10.8. The number of hydrogen-bond acceptors (Lipinski definition) is 1. The first-order chi connectivity index (χ1) is 10.7. The summed E-state index contributed by atoms with van der Waals surface area (Å²) in [4.78, 5) is 10.8. The average Bonchev–Trinajstić information content (AvgIpc) is 2.56. The summed E-state index contributed by atoms with van der Waals surface area (Å²) in [7, 11) is 0. The van der Waals surface area contributed by atoms with Crippen LogP contribution in [0.5, 0.6) is 0 Å². The van der Waals surface area contributed by atoms with Crippen molar-refractivity contribution in [2.75, 3.05) is 0 Å². The monoisotopic (exact) mass is 414 g/mol. The Hall–Kier alpha value is 0.209. The molecule has 0 spiro atoms. The zero-order valence-electron chi connectivity index (χ0n) is 15.3. The van der Waals surface area contributed by atoms with Crippen LogP contribution in [-0.2, 0) is 4.79 Å². The molecule has 1 nitrogen and oxygen atoms in total. The van der Waals surface area contributed by atoms with Crippen molar-refractivity contribution < 1.29 is 4.79 Å². The van der Waals surface area contributed by atoms with Gasteiger partial charge in [0.15, 0.2) is 0 Å². The van der Waals surface area contributed by atoms with Crippen molar-refractivity contribution in [3.8, 4) is 0 Å². The molecule has 128 valence electrons. The molecule has 1 atom stereocenters. The van der Waals surface area contributed by atoms with E-state index in [1.807, 2.05) is 3.59 Å². The summed E-state index contributed by atoms with van der Waals surface area (Å²) in [5.74, 6) is 0.647. The van der Waals surface area contributed by atoms with Gasteiger partial charge in [-0.1, -0.05) is 0 Å². The van der Waals surface area contributed by atoms with E-state index in [1.54, 1.807) is 13.3 Å². The van der Waals surface area contributed by atoms with E-state index in [9.17, 15) is 4.79 Å². The summed E-state index contributed by atoms with van der Waals surface area (Å²) in [5, 5.41) is 0. The van der Waals surface area contributed by atoms with E-state index in [-0.39, 0.29) is 0 Å². The van der Waals surface area contributed by atoms with Gasteiger partial charge in [0.25, 0.3) is 0 Å². The van der Waals surface area contributed by atoms with Crippen molar-refractivity contribution in [1.82, 2.24) is 0 Å².